The van der Waals surface area contributed by atoms with Crippen molar-refractivity contribution in [3.05, 3.63) is 53.9 Å². The van der Waals surface area contributed by atoms with Gasteiger partial charge in [-0.2, -0.15) is 0 Å². The summed E-state index contributed by atoms with van der Waals surface area (Å²) in [6.07, 6.45) is 9.04. The predicted molar refractivity (Wildman–Crippen MR) is 93.6 cm³/mol. The van der Waals surface area contributed by atoms with E-state index in [0.717, 1.165) is 49.8 Å². The highest BCUT2D eigenvalue weighted by atomic mass is 19.1. The Morgan fingerprint density at radius 3 is 2.76 bits per heavy atom. The van der Waals surface area contributed by atoms with Gasteiger partial charge in [0.25, 0.3) is 0 Å². The van der Waals surface area contributed by atoms with Crippen LogP contribution in [0.3, 0.4) is 0 Å². The number of aromatic nitrogens is 2. The maximum Gasteiger partial charge on any atom is 0.227 e. The summed E-state index contributed by atoms with van der Waals surface area (Å²) in [4.78, 5) is 19.2. The number of amides is 1. The van der Waals surface area contributed by atoms with Crippen LogP contribution >= 0.6 is 0 Å². The van der Waals surface area contributed by atoms with Gasteiger partial charge in [-0.05, 0) is 49.3 Å². The Hall–Kier alpha value is -2.17. The van der Waals surface area contributed by atoms with Crippen LogP contribution in [0.4, 0.5) is 4.39 Å². The highest BCUT2D eigenvalue weighted by Crippen LogP contribution is 2.33. The molecule has 2 aliphatic rings. The van der Waals surface area contributed by atoms with Crippen molar-refractivity contribution in [2.24, 2.45) is 5.92 Å². The maximum absolute atomic E-state index is 13.0. The van der Waals surface area contributed by atoms with E-state index in [1.807, 2.05) is 11.1 Å². The van der Waals surface area contributed by atoms with Crippen LogP contribution in [0.15, 0.2) is 36.7 Å². The quantitative estimate of drug-likeness (QED) is 0.836. The van der Waals surface area contributed by atoms with Crippen LogP contribution in [0.1, 0.15) is 43.0 Å². The molecular weight excluding hydrogens is 317 g/mol. The van der Waals surface area contributed by atoms with Gasteiger partial charge in [0, 0.05) is 37.9 Å². The zero-order valence-electron chi connectivity index (χ0n) is 14.4. The maximum atomic E-state index is 13.0. The van der Waals surface area contributed by atoms with Crippen LogP contribution in [0.5, 0.6) is 0 Å². The van der Waals surface area contributed by atoms with Crippen LogP contribution in [0.25, 0.3) is 0 Å². The molecule has 25 heavy (non-hydrogen) atoms. The SMILES string of the molecule is O=C(Cc1ccc(F)cc1)N1CCCC(c2nccn2CC2CC2)C1. The highest BCUT2D eigenvalue weighted by molar-refractivity contribution is 5.79. The van der Waals surface area contributed by atoms with Gasteiger partial charge in [-0.1, -0.05) is 12.1 Å². The molecular formula is C20H24FN3O. The van der Waals surface area contributed by atoms with E-state index < -0.39 is 0 Å². The third-order valence-electron chi connectivity index (χ3n) is 5.31. The molecule has 1 saturated heterocycles. The van der Waals surface area contributed by atoms with Gasteiger partial charge in [-0.15, -0.1) is 0 Å². The first-order valence-corrected chi connectivity index (χ1v) is 9.22. The summed E-state index contributed by atoms with van der Waals surface area (Å²) in [5.41, 5.74) is 0.865. The standard InChI is InChI=1S/C20H24FN3O/c21-18-7-5-15(6-8-18)12-19(25)23-10-1-2-17(14-23)20-22-9-11-24(20)13-16-3-4-16/h5-9,11,16-17H,1-4,10,12-14H2. The molecule has 1 aromatic heterocycles. The van der Waals surface area contributed by atoms with E-state index in [9.17, 15) is 9.18 Å². The minimum Gasteiger partial charge on any atom is -0.342 e. The van der Waals surface area contributed by atoms with E-state index in [-0.39, 0.29) is 11.7 Å². The fraction of sp³-hybridized carbons (Fsp3) is 0.500. The number of halogens is 1. The zero-order chi connectivity index (χ0) is 17.2. The second kappa shape index (κ2) is 6.98. The summed E-state index contributed by atoms with van der Waals surface area (Å²) in [6, 6.07) is 6.21. The second-order valence-corrected chi connectivity index (χ2v) is 7.36. The third-order valence-corrected chi connectivity index (χ3v) is 5.31. The Morgan fingerprint density at radius 2 is 2.00 bits per heavy atom. The summed E-state index contributed by atoms with van der Waals surface area (Å²) in [5, 5.41) is 0. The molecule has 2 heterocycles. The number of likely N-dealkylation sites (tertiary alicyclic amines) is 1. The average Bonchev–Trinajstić information content (AvgIpc) is 3.32. The monoisotopic (exact) mass is 341 g/mol. The first-order chi connectivity index (χ1) is 12.2. The van der Waals surface area contributed by atoms with E-state index in [0.29, 0.717) is 12.3 Å². The number of benzene rings is 1. The van der Waals surface area contributed by atoms with Crippen molar-refractivity contribution in [2.75, 3.05) is 13.1 Å². The van der Waals surface area contributed by atoms with E-state index >= 15 is 0 Å². The van der Waals surface area contributed by atoms with E-state index in [4.69, 9.17) is 0 Å². The van der Waals surface area contributed by atoms with Gasteiger partial charge in [0.2, 0.25) is 5.91 Å². The summed E-state index contributed by atoms with van der Waals surface area (Å²) in [6.45, 7) is 2.61. The lowest BCUT2D eigenvalue weighted by molar-refractivity contribution is -0.131. The highest BCUT2D eigenvalue weighted by Gasteiger charge is 2.29. The Labute approximate surface area is 147 Å². The number of nitrogens with zero attached hydrogens (tertiary/aromatic N) is 3. The first kappa shape index (κ1) is 16.3. The molecule has 2 fully saturated rings. The number of carbonyl (C=O) groups is 1. The van der Waals surface area contributed by atoms with Gasteiger partial charge in [-0.3, -0.25) is 4.79 Å². The molecule has 5 heteroatoms. The van der Waals surface area contributed by atoms with Crippen molar-refractivity contribution < 1.29 is 9.18 Å². The molecule has 1 atom stereocenters. The average molecular weight is 341 g/mol. The lowest BCUT2D eigenvalue weighted by atomic mass is 9.96. The van der Waals surface area contributed by atoms with E-state index in [1.54, 1.807) is 12.1 Å². The Morgan fingerprint density at radius 1 is 1.20 bits per heavy atom. The van der Waals surface area contributed by atoms with Crippen LogP contribution in [0, 0.1) is 11.7 Å². The van der Waals surface area contributed by atoms with Crippen LogP contribution < -0.4 is 0 Å². The van der Waals surface area contributed by atoms with Crippen molar-refractivity contribution >= 4 is 5.91 Å². The molecule has 1 saturated carbocycles. The van der Waals surface area contributed by atoms with Crippen LogP contribution in [-0.2, 0) is 17.8 Å². The number of imidazole rings is 1. The van der Waals surface area contributed by atoms with Gasteiger partial charge in [0.05, 0.1) is 6.42 Å². The number of carbonyl (C=O) groups excluding carboxylic acids is 1. The molecule has 0 bridgehead atoms. The van der Waals surface area contributed by atoms with E-state index in [2.05, 4.69) is 15.7 Å². The van der Waals surface area contributed by atoms with Gasteiger partial charge >= 0.3 is 0 Å². The molecule has 4 nitrogen and oxygen atoms in total. The lowest BCUT2D eigenvalue weighted by Crippen LogP contribution is -2.40. The molecule has 132 valence electrons. The van der Waals surface area contributed by atoms with Crippen molar-refractivity contribution in [3.8, 4) is 0 Å². The molecule has 0 radical (unpaired) electrons. The lowest BCUT2D eigenvalue weighted by Gasteiger charge is -2.33. The molecule has 1 aromatic carbocycles. The predicted octanol–water partition coefficient (Wildman–Crippen LogP) is 3.38. The molecule has 4 rings (SSSR count). The van der Waals surface area contributed by atoms with Crippen LogP contribution in [0.2, 0.25) is 0 Å². The minimum absolute atomic E-state index is 0.122. The number of hydrogen-bond donors (Lipinski definition) is 0. The van der Waals surface area contributed by atoms with Gasteiger partial charge in [0.1, 0.15) is 11.6 Å². The molecule has 2 aromatic rings. The molecule has 1 aliphatic heterocycles. The Balaban J connectivity index is 1.41. The minimum atomic E-state index is -0.267. The first-order valence-electron chi connectivity index (χ1n) is 9.22. The topological polar surface area (TPSA) is 38.1 Å². The van der Waals surface area contributed by atoms with Crippen molar-refractivity contribution in [1.29, 1.82) is 0 Å². The molecule has 1 unspecified atom stereocenters. The Kier molecular flexibility index (Phi) is 4.55. The van der Waals surface area contributed by atoms with Crippen molar-refractivity contribution in [1.82, 2.24) is 14.5 Å². The molecule has 0 spiro atoms. The number of rotatable bonds is 5. The number of hydrogen-bond acceptors (Lipinski definition) is 2. The number of piperidine rings is 1. The summed E-state index contributed by atoms with van der Waals surface area (Å²) >= 11 is 0. The fourth-order valence-corrected chi connectivity index (χ4v) is 3.72. The third kappa shape index (κ3) is 3.91. The Bertz CT molecular complexity index is 736. The molecule has 1 aliphatic carbocycles. The summed E-state index contributed by atoms with van der Waals surface area (Å²) in [7, 11) is 0. The fourth-order valence-electron chi connectivity index (χ4n) is 3.72. The largest absolute Gasteiger partial charge is 0.342 e. The van der Waals surface area contributed by atoms with Crippen LogP contribution in [-0.4, -0.2) is 33.4 Å². The normalized spacial score (nSPS) is 20.7. The second-order valence-electron chi connectivity index (χ2n) is 7.36. The van der Waals surface area contributed by atoms with Gasteiger partial charge < -0.3 is 9.47 Å². The summed E-state index contributed by atoms with van der Waals surface area (Å²) in [5.74, 6) is 2.12. The summed E-state index contributed by atoms with van der Waals surface area (Å²) < 4.78 is 15.3. The van der Waals surface area contributed by atoms with Crippen molar-refractivity contribution in [2.45, 2.75) is 44.6 Å². The van der Waals surface area contributed by atoms with Crippen molar-refractivity contribution in [3.63, 3.8) is 0 Å². The molecule has 1 amide bonds. The van der Waals surface area contributed by atoms with E-state index in [1.165, 1.54) is 25.0 Å². The smallest absolute Gasteiger partial charge is 0.227 e. The molecule has 0 N–H and O–H groups in total. The van der Waals surface area contributed by atoms with Gasteiger partial charge in [-0.25, -0.2) is 9.37 Å². The zero-order valence-corrected chi connectivity index (χ0v) is 14.4. The van der Waals surface area contributed by atoms with Gasteiger partial charge in [0.15, 0.2) is 0 Å².